The summed E-state index contributed by atoms with van der Waals surface area (Å²) >= 11 is 0. The summed E-state index contributed by atoms with van der Waals surface area (Å²) in [6.07, 6.45) is 4.67. The number of nitrogens with two attached hydrogens (primary N) is 1. The average Bonchev–Trinajstić information content (AvgIpc) is 2.50. The Kier molecular flexibility index (Phi) is 4.78. The van der Waals surface area contributed by atoms with Gasteiger partial charge in [0.25, 0.3) is 5.91 Å². The number of carbonyl (C=O) groups is 2. The van der Waals surface area contributed by atoms with Gasteiger partial charge in [0, 0.05) is 30.5 Å². The topological polar surface area (TPSA) is 122 Å². The fourth-order valence-electron chi connectivity index (χ4n) is 2.49. The van der Waals surface area contributed by atoms with E-state index in [1.165, 1.54) is 13.1 Å². The second-order valence-corrected chi connectivity index (χ2v) is 5.98. The molecule has 8 nitrogen and oxygen atoms in total. The summed E-state index contributed by atoms with van der Waals surface area (Å²) in [5.41, 5.74) is 7.05. The molecule has 1 saturated carbocycles. The lowest BCUT2D eigenvalue weighted by Crippen LogP contribution is -2.29. The molecule has 2 amide bonds. The molecule has 8 heteroatoms. The second-order valence-electron chi connectivity index (χ2n) is 5.98. The fraction of sp³-hybridized carbons (Fsp3) is 0.294. The van der Waals surface area contributed by atoms with Crippen molar-refractivity contribution < 1.29 is 9.59 Å². The predicted octanol–water partition coefficient (Wildman–Crippen LogP) is 2.24. The number of nitrogens with zero attached hydrogens (tertiary/aromatic N) is 2. The second kappa shape index (κ2) is 7.16. The van der Waals surface area contributed by atoms with Crippen LogP contribution < -0.4 is 21.7 Å². The molecule has 1 aromatic carbocycles. The van der Waals surface area contributed by atoms with E-state index >= 15 is 0 Å². The van der Waals surface area contributed by atoms with Crippen molar-refractivity contribution in [3.63, 3.8) is 0 Å². The van der Waals surface area contributed by atoms with Crippen LogP contribution in [0.5, 0.6) is 0 Å². The highest BCUT2D eigenvalue weighted by molar-refractivity contribution is 5.97. The van der Waals surface area contributed by atoms with Gasteiger partial charge in [0.15, 0.2) is 0 Å². The molecule has 1 aliphatic carbocycles. The molecule has 1 heterocycles. The van der Waals surface area contributed by atoms with Crippen LogP contribution in [0.3, 0.4) is 0 Å². The van der Waals surface area contributed by atoms with Crippen LogP contribution in [-0.2, 0) is 4.79 Å². The van der Waals surface area contributed by atoms with Crippen molar-refractivity contribution in [3.05, 3.63) is 36.0 Å². The molecule has 2 aromatic rings. The standard InChI is InChI=1S/C17H20N6O2/c1-10(24)20-12-6-3-7-13(8-12)22-17-19-9-14(15(18)25)16(23-17)21-11-4-2-5-11/h3,6-9,11H,2,4-5H2,1H3,(H2,18,25)(H,20,24)(H2,19,21,22,23). The summed E-state index contributed by atoms with van der Waals surface area (Å²) in [6, 6.07) is 7.50. The summed E-state index contributed by atoms with van der Waals surface area (Å²) < 4.78 is 0. The van der Waals surface area contributed by atoms with Crippen LogP contribution in [0.15, 0.2) is 30.5 Å². The van der Waals surface area contributed by atoms with E-state index in [0.717, 1.165) is 19.3 Å². The number of nitrogens with one attached hydrogen (secondary N) is 3. The summed E-state index contributed by atoms with van der Waals surface area (Å²) in [6.45, 7) is 1.45. The Hall–Kier alpha value is -3.16. The lowest BCUT2D eigenvalue weighted by atomic mass is 9.93. The minimum absolute atomic E-state index is 0.147. The minimum atomic E-state index is -0.568. The summed E-state index contributed by atoms with van der Waals surface area (Å²) in [4.78, 5) is 31.3. The Morgan fingerprint density at radius 2 is 2.00 bits per heavy atom. The number of hydrogen-bond acceptors (Lipinski definition) is 6. The van der Waals surface area contributed by atoms with E-state index in [0.29, 0.717) is 29.2 Å². The number of rotatable bonds is 6. The number of carbonyl (C=O) groups excluding carboxylic acids is 2. The Morgan fingerprint density at radius 3 is 2.64 bits per heavy atom. The van der Waals surface area contributed by atoms with Gasteiger partial charge in [0.2, 0.25) is 11.9 Å². The molecule has 1 aromatic heterocycles. The van der Waals surface area contributed by atoms with Crippen LogP contribution in [0.1, 0.15) is 36.5 Å². The van der Waals surface area contributed by atoms with Crippen LogP contribution in [0.4, 0.5) is 23.1 Å². The van der Waals surface area contributed by atoms with Gasteiger partial charge in [0.1, 0.15) is 5.82 Å². The first-order valence-corrected chi connectivity index (χ1v) is 8.09. The fourth-order valence-corrected chi connectivity index (χ4v) is 2.49. The molecule has 3 rings (SSSR count). The lowest BCUT2D eigenvalue weighted by Gasteiger charge is -2.27. The van der Waals surface area contributed by atoms with Gasteiger partial charge < -0.3 is 21.7 Å². The Morgan fingerprint density at radius 1 is 1.24 bits per heavy atom. The van der Waals surface area contributed by atoms with Crippen molar-refractivity contribution in [2.45, 2.75) is 32.2 Å². The number of aromatic nitrogens is 2. The van der Waals surface area contributed by atoms with Gasteiger partial charge in [0.05, 0.1) is 5.56 Å². The third kappa shape index (κ3) is 4.23. The van der Waals surface area contributed by atoms with E-state index < -0.39 is 5.91 Å². The van der Waals surface area contributed by atoms with Crippen LogP contribution >= 0.6 is 0 Å². The van der Waals surface area contributed by atoms with Crippen molar-refractivity contribution >= 4 is 35.0 Å². The SMILES string of the molecule is CC(=O)Nc1cccc(Nc2ncc(C(N)=O)c(NC3CCC3)n2)c1. The van der Waals surface area contributed by atoms with E-state index in [2.05, 4.69) is 25.9 Å². The van der Waals surface area contributed by atoms with Gasteiger partial charge >= 0.3 is 0 Å². The van der Waals surface area contributed by atoms with Crippen molar-refractivity contribution in [2.75, 3.05) is 16.0 Å². The number of anilines is 4. The van der Waals surface area contributed by atoms with Gasteiger partial charge in [-0.1, -0.05) is 6.07 Å². The highest BCUT2D eigenvalue weighted by Crippen LogP contribution is 2.25. The van der Waals surface area contributed by atoms with Gasteiger partial charge in [-0.3, -0.25) is 9.59 Å². The lowest BCUT2D eigenvalue weighted by molar-refractivity contribution is -0.114. The average molecular weight is 340 g/mol. The number of benzene rings is 1. The molecule has 5 N–H and O–H groups in total. The van der Waals surface area contributed by atoms with Gasteiger partial charge in [-0.05, 0) is 37.5 Å². The van der Waals surface area contributed by atoms with E-state index in [4.69, 9.17) is 5.73 Å². The Bertz CT molecular complexity index is 803. The summed E-state index contributed by atoms with van der Waals surface area (Å²) in [7, 11) is 0. The van der Waals surface area contributed by atoms with E-state index in [1.807, 2.05) is 6.07 Å². The predicted molar refractivity (Wildman–Crippen MR) is 95.8 cm³/mol. The highest BCUT2D eigenvalue weighted by Gasteiger charge is 2.21. The molecule has 1 fully saturated rings. The molecule has 0 aliphatic heterocycles. The molecule has 0 atom stereocenters. The zero-order chi connectivity index (χ0) is 17.8. The van der Waals surface area contributed by atoms with Crippen molar-refractivity contribution in [2.24, 2.45) is 5.73 Å². The molecule has 0 spiro atoms. The normalized spacial score (nSPS) is 13.6. The Labute approximate surface area is 145 Å². The zero-order valence-electron chi connectivity index (χ0n) is 13.9. The maximum atomic E-state index is 11.6. The molecule has 0 unspecified atom stereocenters. The largest absolute Gasteiger partial charge is 0.367 e. The molecule has 25 heavy (non-hydrogen) atoms. The molecule has 0 saturated heterocycles. The van der Waals surface area contributed by atoms with E-state index in [1.54, 1.807) is 18.2 Å². The van der Waals surface area contributed by atoms with Gasteiger partial charge in [-0.15, -0.1) is 0 Å². The molecule has 1 aliphatic rings. The van der Waals surface area contributed by atoms with Crippen LogP contribution in [0, 0.1) is 0 Å². The number of amides is 2. The number of primary amides is 1. The number of hydrogen-bond donors (Lipinski definition) is 4. The van der Waals surface area contributed by atoms with Crippen LogP contribution in [0.2, 0.25) is 0 Å². The minimum Gasteiger partial charge on any atom is -0.367 e. The van der Waals surface area contributed by atoms with Crippen molar-refractivity contribution in [1.29, 1.82) is 0 Å². The maximum Gasteiger partial charge on any atom is 0.254 e. The first-order valence-electron chi connectivity index (χ1n) is 8.09. The quantitative estimate of drug-likeness (QED) is 0.640. The van der Waals surface area contributed by atoms with Gasteiger partial charge in [-0.25, -0.2) is 4.98 Å². The smallest absolute Gasteiger partial charge is 0.254 e. The van der Waals surface area contributed by atoms with Crippen LogP contribution in [-0.4, -0.2) is 27.8 Å². The molecular formula is C17H20N6O2. The first kappa shape index (κ1) is 16.7. The van der Waals surface area contributed by atoms with E-state index in [-0.39, 0.29) is 11.5 Å². The third-order valence-corrected chi connectivity index (χ3v) is 3.94. The Balaban J connectivity index is 1.81. The summed E-state index contributed by atoms with van der Waals surface area (Å²) in [5, 5.41) is 9.03. The van der Waals surface area contributed by atoms with E-state index in [9.17, 15) is 9.59 Å². The zero-order valence-corrected chi connectivity index (χ0v) is 13.9. The van der Waals surface area contributed by atoms with Gasteiger partial charge in [-0.2, -0.15) is 4.98 Å². The van der Waals surface area contributed by atoms with Crippen LogP contribution in [0.25, 0.3) is 0 Å². The molecular weight excluding hydrogens is 320 g/mol. The first-order chi connectivity index (χ1) is 12.0. The molecule has 0 radical (unpaired) electrons. The monoisotopic (exact) mass is 340 g/mol. The van der Waals surface area contributed by atoms with Crippen molar-refractivity contribution in [1.82, 2.24) is 9.97 Å². The third-order valence-electron chi connectivity index (χ3n) is 3.94. The highest BCUT2D eigenvalue weighted by atomic mass is 16.1. The molecule has 130 valence electrons. The molecule has 0 bridgehead atoms. The maximum absolute atomic E-state index is 11.6. The van der Waals surface area contributed by atoms with Crippen molar-refractivity contribution in [3.8, 4) is 0 Å². The summed E-state index contributed by atoms with van der Waals surface area (Å²) in [5.74, 6) is 0.0618.